The number of ether oxygens (including phenoxy) is 3. The van der Waals surface area contributed by atoms with Crippen molar-refractivity contribution in [1.82, 2.24) is 14.8 Å². The summed E-state index contributed by atoms with van der Waals surface area (Å²) in [4.78, 5) is 14.0. The lowest BCUT2D eigenvalue weighted by molar-refractivity contribution is 0.101. The molecule has 7 nitrogen and oxygen atoms in total. The Kier molecular flexibility index (Phi) is 6.77. The van der Waals surface area contributed by atoms with Gasteiger partial charge < -0.3 is 14.2 Å². The summed E-state index contributed by atoms with van der Waals surface area (Å²) in [6.45, 7) is 0. The van der Waals surface area contributed by atoms with Crippen LogP contribution in [0.25, 0.3) is 16.4 Å². The van der Waals surface area contributed by atoms with Crippen LogP contribution in [-0.4, -0.2) is 47.6 Å². The number of para-hydroxylation sites is 2. The van der Waals surface area contributed by atoms with Crippen LogP contribution < -0.4 is 14.2 Å². The van der Waals surface area contributed by atoms with E-state index in [2.05, 4.69) is 10.2 Å². The first kappa shape index (κ1) is 21.9. The summed E-state index contributed by atoms with van der Waals surface area (Å²) < 4.78 is 18.1. The van der Waals surface area contributed by atoms with Crippen LogP contribution in [0.15, 0.2) is 65.1 Å². The van der Waals surface area contributed by atoms with Gasteiger partial charge in [0.15, 0.2) is 16.8 Å². The van der Waals surface area contributed by atoms with E-state index in [0.29, 0.717) is 33.8 Å². The highest BCUT2D eigenvalue weighted by Gasteiger charge is 2.21. The first-order valence-corrected chi connectivity index (χ1v) is 11.5. The van der Waals surface area contributed by atoms with Crippen molar-refractivity contribution in [2.24, 2.45) is 0 Å². The molecule has 0 N–H and O–H groups in total. The predicted octanol–water partition coefficient (Wildman–Crippen LogP) is 5.00. The number of methoxy groups -OCH3 is 3. The van der Waals surface area contributed by atoms with Crippen LogP contribution in [0.2, 0.25) is 0 Å². The molecule has 9 heteroatoms. The van der Waals surface area contributed by atoms with Crippen molar-refractivity contribution in [3.05, 3.63) is 65.5 Å². The standard InChI is InChI=1S/C23H21N3O4S2/c1-28-15-10-11-16(20(13-15)30-3)18(27)14-32-23-25-24-22(21-9-6-12-31-21)26(23)17-7-4-5-8-19(17)29-2/h4-13H,14H2,1-3H3. The van der Waals surface area contributed by atoms with E-state index in [4.69, 9.17) is 14.2 Å². The van der Waals surface area contributed by atoms with Gasteiger partial charge in [-0.15, -0.1) is 21.5 Å². The molecule has 0 aliphatic heterocycles. The number of benzene rings is 2. The van der Waals surface area contributed by atoms with E-state index < -0.39 is 0 Å². The van der Waals surface area contributed by atoms with Crippen LogP contribution in [0.4, 0.5) is 0 Å². The SMILES string of the molecule is COc1ccc(C(=O)CSc2nnc(-c3cccs3)n2-c2ccccc2OC)c(OC)c1. The summed E-state index contributed by atoms with van der Waals surface area (Å²) in [5.74, 6) is 2.57. The number of Topliss-reactive ketones (excluding diaryl/α,β-unsaturated/α-hetero) is 1. The molecule has 2 aromatic heterocycles. The van der Waals surface area contributed by atoms with Gasteiger partial charge in [0.25, 0.3) is 0 Å². The fourth-order valence-corrected chi connectivity index (χ4v) is 4.72. The van der Waals surface area contributed by atoms with Gasteiger partial charge in [-0.3, -0.25) is 9.36 Å². The van der Waals surface area contributed by atoms with Crippen molar-refractivity contribution >= 4 is 28.9 Å². The molecule has 2 heterocycles. The molecule has 0 aliphatic rings. The van der Waals surface area contributed by atoms with E-state index in [1.807, 2.05) is 46.3 Å². The van der Waals surface area contributed by atoms with Crippen molar-refractivity contribution < 1.29 is 19.0 Å². The number of carbonyl (C=O) groups is 1. The first-order chi connectivity index (χ1) is 15.7. The lowest BCUT2D eigenvalue weighted by Crippen LogP contribution is -2.07. The van der Waals surface area contributed by atoms with Gasteiger partial charge in [-0.05, 0) is 35.7 Å². The molecule has 4 rings (SSSR count). The summed E-state index contributed by atoms with van der Waals surface area (Å²) in [7, 11) is 4.73. The molecule has 0 amide bonds. The second-order valence-electron chi connectivity index (χ2n) is 6.57. The van der Waals surface area contributed by atoms with E-state index in [1.54, 1.807) is 43.8 Å². The third-order valence-corrected chi connectivity index (χ3v) is 6.54. The Morgan fingerprint density at radius 2 is 1.78 bits per heavy atom. The Labute approximate surface area is 194 Å². The zero-order chi connectivity index (χ0) is 22.5. The van der Waals surface area contributed by atoms with Gasteiger partial charge in [-0.25, -0.2) is 0 Å². The average molecular weight is 468 g/mol. The molecular weight excluding hydrogens is 446 g/mol. The lowest BCUT2D eigenvalue weighted by atomic mass is 10.1. The number of ketones is 1. The number of nitrogens with zero attached hydrogens (tertiary/aromatic N) is 3. The van der Waals surface area contributed by atoms with Gasteiger partial charge in [0.05, 0.1) is 43.2 Å². The fourth-order valence-electron chi connectivity index (χ4n) is 3.20. The topological polar surface area (TPSA) is 75.5 Å². The molecule has 0 atom stereocenters. The number of aromatic nitrogens is 3. The zero-order valence-corrected chi connectivity index (χ0v) is 19.4. The maximum atomic E-state index is 13.0. The normalized spacial score (nSPS) is 10.7. The summed E-state index contributed by atoms with van der Waals surface area (Å²) >= 11 is 2.89. The maximum absolute atomic E-state index is 13.0. The Morgan fingerprint density at radius 3 is 2.50 bits per heavy atom. The summed E-state index contributed by atoms with van der Waals surface area (Å²) in [5.41, 5.74) is 1.29. The first-order valence-electron chi connectivity index (χ1n) is 9.67. The number of carbonyl (C=O) groups excluding carboxylic acids is 1. The molecule has 2 aromatic carbocycles. The van der Waals surface area contributed by atoms with Gasteiger partial charge in [-0.1, -0.05) is 30.0 Å². The summed E-state index contributed by atoms with van der Waals surface area (Å²) in [5, 5.41) is 11.4. The van der Waals surface area contributed by atoms with Crippen molar-refractivity contribution in [2.75, 3.05) is 27.1 Å². The average Bonchev–Trinajstić information content (AvgIpc) is 3.51. The smallest absolute Gasteiger partial charge is 0.196 e. The van der Waals surface area contributed by atoms with Crippen LogP contribution in [0.3, 0.4) is 0 Å². The number of thiophene rings is 1. The molecular formula is C23H21N3O4S2. The minimum Gasteiger partial charge on any atom is -0.497 e. The zero-order valence-electron chi connectivity index (χ0n) is 17.8. The van der Waals surface area contributed by atoms with E-state index >= 15 is 0 Å². The second-order valence-corrected chi connectivity index (χ2v) is 8.46. The number of hydrogen-bond donors (Lipinski definition) is 0. The van der Waals surface area contributed by atoms with Crippen molar-refractivity contribution in [2.45, 2.75) is 5.16 Å². The number of rotatable bonds is 9. The second kappa shape index (κ2) is 9.88. The fraction of sp³-hybridized carbons (Fsp3) is 0.174. The Hall–Kier alpha value is -3.30. The summed E-state index contributed by atoms with van der Waals surface area (Å²) in [6.07, 6.45) is 0. The highest BCUT2D eigenvalue weighted by atomic mass is 32.2. The predicted molar refractivity (Wildman–Crippen MR) is 126 cm³/mol. The van der Waals surface area contributed by atoms with Gasteiger partial charge in [0.2, 0.25) is 0 Å². The Bertz CT molecular complexity index is 1220. The van der Waals surface area contributed by atoms with Crippen molar-refractivity contribution in [1.29, 1.82) is 0 Å². The molecule has 0 saturated carbocycles. The highest BCUT2D eigenvalue weighted by Crippen LogP contribution is 2.34. The Morgan fingerprint density at radius 1 is 0.969 bits per heavy atom. The molecule has 4 aromatic rings. The van der Waals surface area contributed by atoms with Crippen LogP contribution in [0.1, 0.15) is 10.4 Å². The van der Waals surface area contributed by atoms with Crippen LogP contribution in [0, 0.1) is 0 Å². The molecule has 0 radical (unpaired) electrons. The molecule has 0 aliphatic carbocycles. The molecule has 0 bridgehead atoms. The van der Waals surface area contributed by atoms with Crippen molar-refractivity contribution in [3.63, 3.8) is 0 Å². The number of hydrogen-bond acceptors (Lipinski definition) is 8. The molecule has 164 valence electrons. The van der Waals surface area contributed by atoms with E-state index in [9.17, 15) is 4.79 Å². The van der Waals surface area contributed by atoms with Gasteiger partial charge in [0.1, 0.15) is 17.2 Å². The molecule has 32 heavy (non-hydrogen) atoms. The quantitative estimate of drug-likeness (QED) is 0.253. The van der Waals surface area contributed by atoms with E-state index in [1.165, 1.54) is 18.9 Å². The minimum atomic E-state index is -0.0817. The maximum Gasteiger partial charge on any atom is 0.196 e. The largest absolute Gasteiger partial charge is 0.497 e. The van der Waals surface area contributed by atoms with E-state index in [-0.39, 0.29) is 11.5 Å². The Balaban J connectivity index is 1.67. The van der Waals surface area contributed by atoms with Gasteiger partial charge in [0, 0.05) is 6.07 Å². The van der Waals surface area contributed by atoms with Gasteiger partial charge in [-0.2, -0.15) is 0 Å². The van der Waals surface area contributed by atoms with Gasteiger partial charge >= 0.3 is 0 Å². The van der Waals surface area contributed by atoms with Crippen LogP contribution in [0.5, 0.6) is 17.2 Å². The van der Waals surface area contributed by atoms with Crippen molar-refractivity contribution in [3.8, 4) is 33.6 Å². The highest BCUT2D eigenvalue weighted by molar-refractivity contribution is 7.99. The van der Waals surface area contributed by atoms with Crippen LogP contribution >= 0.6 is 23.1 Å². The summed E-state index contributed by atoms with van der Waals surface area (Å²) in [6, 6.07) is 16.8. The third kappa shape index (κ3) is 4.35. The minimum absolute atomic E-state index is 0.0817. The molecule has 0 saturated heterocycles. The third-order valence-electron chi connectivity index (χ3n) is 4.74. The molecule has 0 fully saturated rings. The monoisotopic (exact) mass is 467 g/mol. The number of thioether (sulfide) groups is 1. The molecule has 0 spiro atoms. The lowest BCUT2D eigenvalue weighted by Gasteiger charge is -2.13. The molecule has 0 unspecified atom stereocenters. The van der Waals surface area contributed by atoms with E-state index in [0.717, 1.165) is 10.6 Å². The van der Waals surface area contributed by atoms with Crippen LogP contribution in [-0.2, 0) is 0 Å².